The van der Waals surface area contributed by atoms with Gasteiger partial charge in [0.25, 0.3) is 5.91 Å². The van der Waals surface area contributed by atoms with Gasteiger partial charge < -0.3 is 20.6 Å². The van der Waals surface area contributed by atoms with Crippen molar-refractivity contribution in [3.8, 4) is 0 Å². The number of aliphatic hydroxyl groups is 1. The molecule has 0 spiro atoms. The molecule has 2 aliphatic heterocycles. The highest BCUT2D eigenvalue weighted by Gasteiger charge is 2.35. The Morgan fingerprint density at radius 2 is 2.20 bits per heavy atom. The summed E-state index contributed by atoms with van der Waals surface area (Å²) >= 11 is 0. The van der Waals surface area contributed by atoms with Crippen LogP contribution in [0.3, 0.4) is 0 Å². The van der Waals surface area contributed by atoms with Crippen LogP contribution < -0.4 is 15.5 Å². The van der Waals surface area contributed by atoms with Gasteiger partial charge in [0.2, 0.25) is 5.91 Å². The second-order valence-electron chi connectivity index (χ2n) is 5.30. The number of hydrogen-bond acceptors (Lipinski definition) is 4. The molecule has 6 heteroatoms. The lowest BCUT2D eigenvalue weighted by Gasteiger charge is -2.25. The first-order valence-electron chi connectivity index (χ1n) is 6.66. The predicted octanol–water partition coefficient (Wildman–Crippen LogP) is 0.151. The number of nitrogens with two attached hydrogens (primary N) is 1. The molecule has 2 unspecified atom stereocenters. The molecule has 1 fully saturated rings. The first-order valence-corrected chi connectivity index (χ1v) is 6.66. The molecule has 1 aromatic rings. The highest BCUT2D eigenvalue weighted by Crippen LogP contribution is 2.38. The maximum atomic E-state index is 11.8. The highest BCUT2D eigenvalue weighted by molar-refractivity contribution is 6.04. The first kappa shape index (κ1) is 12.9. The summed E-state index contributed by atoms with van der Waals surface area (Å²) in [5.74, 6) is -0.655. The zero-order chi connectivity index (χ0) is 14.4. The van der Waals surface area contributed by atoms with Crippen molar-refractivity contribution < 1.29 is 14.7 Å². The molecule has 3 N–H and O–H groups in total. The van der Waals surface area contributed by atoms with Crippen LogP contribution in [0, 0.1) is 0 Å². The first-order chi connectivity index (χ1) is 9.50. The minimum absolute atomic E-state index is 0.291. The molecule has 0 aromatic heterocycles. The monoisotopic (exact) mass is 275 g/mol. The van der Waals surface area contributed by atoms with Gasteiger partial charge in [-0.15, -0.1) is 0 Å². The van der Waals surface area contributed by atoms with Gasteiger partial charge in [-0.3, -0.25) is 9.59 Å². The van der Waals surface area contributed by atoms with Gasteiger partial charge in [0.15, 0.2) is 6.10 Å². The third-order valence-corrected chi connectivity index (χ3v) is 4.15. The molecule has 20 heavy (non-hydrogen) atoms. The normalized spacial score (nSPS) is 25.2. The average molecular weight is 275 g/mol. The van der Waals surface area contributed by atoms with Crippen LogP contribution in [-0.4, -0.2) is 36.6 Å². The lowest BCUT2D eigenvalue weighted by Crippen LogP contribution is -2.40. The van der Waals surface area contributed by atoms with Crippen molar-refractivity contribution in [2.45, 2.75) is 25.0 Å². The molecule has 2 heterocycles. The van der Waals surface area contributed by atoms with Crippen molar-refractivity contribution >= 4 is 23.2 Å². The van der Waals surface area contributed by atoms with Gasteiger partial charge in [-0.2, -0.15) is 0 Å². The number of nitrogens with zero attached hydrogens (tertiary/aromatic N) is 2. The van der Waals surface area contributed by atoms with E-state index in [0.29, 0.717) is 11.3 Å². The quantitative estimate of drug-likeness (QED) is 0.804. The van der Waals surface area contributed by atoms with Gasteiger partial charge in [-0.25, -0.2) is 0 Å². The summed E-state index contributed by atoms with van der Waals surface area (Å²) in [6.45, 7) is 0.770. The summed E-state index contributed by atoms with van der Waals surface area (Å²) < 4.78 is 0. The van der Waals surface area contributed by atoms with Crippen LogP contribution in [0.25, 0.3) is 0 Å². The number of anilines is 2. The third kappa shape index (κ3) is 1.76. The van der Waals surface area contributed by atoms with Gasteiger partial charge in [-0.05, 0) is 25.0 Å². The number of carbonyl (C=O) groups is 2. The highest BCUT2D eigenvalue weighted by atomic mass is 16.3. The van der Waals surface area contributed by atoms with Crippen LogP contribution in [0.2, 0.25) is 0 Å². The number of primary amides is 1. The number of fused-ring (bicyclic) bond motifs is 1. The van der Waals surface area contributed by atoms with E-state index in [0.717, 1.165) is 25.1 Å². The molecule has 6 nitrogen and oxygen atoms in total. The molecule has 1 saturated heterocycles. The molecule has 3 rings (SSSR count). The largest absolute Gasteiger partial charge is 0.378 e. The second-order valence-corrected chi connectivity index (χ2v) is 5.30. The van der Waals surface area contributed by atoms with Crippen LogP contribution in [0.4, 0.5) is 11.4 Å². The van der Waals surface area contributed by atoms with Crippen molar-refractivity contribution in [1.82, 2.24) is 0 Å². The molecule has 0 radical (unpaired) electrons. The van der Waals surface area contributed by atoms with Gasteiger partial charge in [0, 0.05) is 24.8 Å². The Labute approximate surface area is 116 Å². The number of rotatable bonds is 2. The van der Waals surface area contributed by atoms with Gasteiger partial charge in [0.1, 0.15) is 6.04 Å². The summed E-state index contributed by atoms with van der Waals surface area (Å²) in [6.07, 6.45) is 0.584. The minimum atomic E-state index is -1.09. The smallest absolute Gasteiger partial charge is 0.260 e. The minimum Gasteiger partial charge on any atom is -0.378 e. The van der Waals surface area contributed by atoms with Crippen molar-refractivity contribution in [2.24, 2.45) is 5.73 Å². The predicted molar refractivity (Wildman–Crippen MR) is 74.4 cm³/mol. The molecule has 2 atom stereocenters. The van der Waals surface area contributed by atoms with Gasteiger partial charge in [-0.1, -0.05) is 6.07 Å². The topological polar surface area (TPSA) is 86.9 Å². The molecule has 0 saturated carbocycles. The maximum Gasteiger partial charge on any atom is 0.260 e. The maximum absolute atomic E-state index is 11.8. The summed E-state index contributed by atoms with van der Waals surface area (Å²) in [4.78, 5) is 26.6. The number of carbonyl (C=O) groups excluding carboxylic acids is 2. The van der Waals surface area contributed by atoms with Crippen LogP contribution in [0.15, 0.2) is 18.2 Å². The fourth-order valence-corrected chi connectivity index (χ4v) is 3.04. The van der Waals surface area contributed by atoms with Crippen LogP contribution in [0.1, 0.15) is 24.5 Å². The van der Waals surface area contributed by atoms with Crippen molar-refractivity contribution in [3.63, 3.8) is 0 Å². The van der Waals surface area contributed by atoms with E-state index >= 15 is 0 Å². The zero-order valence-electron chi connectivity index (χ0n) is 11.2. The Morgan fingerprint density at radius 1 is 1.45 bits per heavy atom. The summed E-state index contributed by atoms with van der Waals surface area (Å²) in [5, 5.41) is 9.84. The molecule has 0 bridgehead atoms. The molecule has 2 amide bonds. The van der Waals surface area contributed by atoms with E-state index in [1.54, 1.807) is 13.1 Å². The number of benzene rings is 1. The summed E-state index contributed by atoms with van der Waals surface area (Å²) in [7, 11) is 1.64. The zero-order valence-corrected chi connectivity index (χ0v) is 11.2. The Bertz CT molecular complexity index is 587. The standard InChI is InChI=1S/C14H17N3O3/c1-16-11-7-8(4-5-9(11)12(18)14(16)20)17-6-2-3-10(17)13(15)19/h4-5,7,10,12,18H,2-3,6H2,1H3,(H2,15,19). The van der Waals surface area contributed by atoms with E-state index in [2.05, 4.69) is 0 Å². The van der Waals surface area contributed by atoms with Crippen molar-refractivity contribution in [1.29, 1.82) is 0 Å². The Balaban J connectivity index is 1.98. The SMILES string of the molecule is CN1C(=O)C(O)c2ccc(N3CCCC3C(N)=O)cc21. The fraction of sp³-hybridized carbons (Fsp3) is 0.429. The van der Waals surface area contributed by atoms with Crippen LogP contribution in [-0.2, 0) is 9.59 Å². The Hall–Kier alpha value is -2.08. The van der Waals surface area contributed by atoms with Crippen molar-refractivity contribution in [3.05, 3.63) is 23.8 Å². The van der Waals surface area contributed by atoms with Crippen molar-refractivity contribution in [2.75, 3.05) is 23.4 Å². The van der Waals surface area contributed by atoms with Gasteiger partial charge in [0.05, 0.1) is 5.69 Å². The van der Waals surface area contributed by atoms with Crippen LogP contribution >= 0.6 is 0 Å². The lowest BCUT2D eigenvalue weighted by molar-refractivity contribution is -0.125. The number of likely N-dealkylation sites (N-methyl/N-ethyl adjacent to an activating group) is 1. The van der Waals surface area contributed by atoms with Crippen LogP contribution in [0.5, 0.6) is 0 Å². The Morgan fingerprint density at radius 3 is 2.90 bits per heavy atom. The molecular weight excluding hydrogens is 258 g/mol. The van der Waals surface area contributed by atoms with Gasteiger partial charge >= 0.3 is 0 Å². The average Bonchev–Trinajstić information content (AvgIpc) is 3.00. The van der Waals surface area contributed by atoms with E-state index in [4.69, 9.17) is 5.73 Å². The Kier molecular flexibility index (Phi) is 2.90. The number of hydrogen-bond donors (Lipinski definition) is 2. The van der Waals surface area contributed by atoms with E-state index in [-0.39, 0.29) is 17.9 Å². The molecule has 2 aliphatic rings. The third-order valence-electron chi connectivity index (χ3n) is 4.15. The molecular formula is C14H17N3O3. The van der Waals surface area contributed by atoms with E-state index < -0.39 is 6.10 Å². The number of amides is 2. The van der Waals surface area contributed by atoms with E-state index in [9.17, 15) is 14.7 Å². The summed E-state index contributed by atoms with van der Waals surface area (Å²) in [5.41, 5.74) is 7.58. The molecule has 106 valence electrons. The van der Waals surface area contributed by atoms with E-state index in [1.807, 2.05) is 17.0 Å². The second kappa shape index (κ2) is 4.49. The molecule has 0 aliphatic carbocycles. The number of aliphatic hydroxyl groups excluding tert-OH is 1. The fourth-order valence-electron chi connectivity index (χ4n) is 3.04. The lowest BCUT2D eigenvalue weighted by atomic mass is 10.1. The summed E-state index contributed by atoms with van der Waals surface area (Å²) in [6, 6.07) is 5.12. The van der Waals surface area contributed by atoms with E-state index in [1.165, 1.54) is 4.90 Å². The molecule has 1 aromatic carbocycles.